The molecule has 0 aliphatic carbocycles. The predicted molar refractivity (Wildman–Crippen MR) is 52.4 cm³/mol. The van der Waals surface area contributed by atoms with Gasteiger partial charge in [0.2, 0.25) is 5.78 Å². The van der Waals surface area contributed by atoms with Gasteiger partial charge >= 0.3 is 12.1 Å². The molecule has 1 N–H and O–H groups in total. The van der Waals surface area contributed by atoms with Crippen LogP contribution in [0.2, 0.25) is 0 Å². The van der Waals surface area contributed by atoms with Gasteiger partial charge < -0.3 is 5.11 Å². The number of rotatable bonds is 4. The third-order valence-corrected chi connectivity index (χ3v) is 2.16. The second-order valence-corrected chi connectivity index (χ2v) is 3.42. The summed E-state index contributed by atoms with van der Waals surface area (Å²) in [5.41, 5.74) is -0.279. The molecule has 3 nitrogen and oxygen atoms in total. The topological polar surface area (TPSA) is 54.4 Å². The summed E-state index contributed by atoms with van der Waals surface area (Å²) in [6.45, 7) is 0. The SMILES string of the molecule is O=C(O)C(=O)CCc1ccc(C(F)(F)F)cc1. The zero-order valence-corrected chi connectivity index (χ0v) is 8.62. The summed E-state index contributed by atoms with van der Waals surface area (Å²) in [5.74, 6) is -2.48. The van der Waals surface area contributed by atoms with Gasteiger partial charge in [-0.1, -0.05) is 12.1 Å². The van der Waals surface area contributed by atoms with Crippen LogP contribution in [0.5, 0.6) is 0 Å². The normalized spacial score (nSPS) is 11.2. The maximum absolute atomic E-state index is 12.2. The van der Waals surface area contributed by atoms with E-state index in [9.17, 15) is 22.8 Å². The van der Waals surface area contributed by atoms with Crippen LogP contribution in [0.15, 0.2) is 24.3 Å². The summed E-state index contributed by atoms with van der Waals surface area (Å²) >= 11 is 0. The quantitative estimate of drug-likeness (QED) is 0.829. The molecule has 0 aromatic heterocycles. The molecule has 0 fully saturated rings. The van der Waals surface area contributed by atoms with Crippen molar-refractivity contribution in [1.29, 1.82) is 0 Å². The molecule has 0 spiro atoms. The van der Waals surface area contributed by atoms with Crippen LogP contribution in [0.3, 0.4) is 0 Å². The molecule has 1 rings (SSSR count). The van der Waals surface area contributed by atoms with Gasteiger partial charge in [-0.25, -0.2) is 4.79 Å². The second kappa shape index (κ2) is 4.99. The van der Waals surface area contributed by atoms with Crippen molar-refractivity contribution in [2.75, 3.05) is 0 Å². The Bertz CT molecular complexity index is 421. The number of hydrogen-bond acceptors (Lipinski definition) is 2. The largest absolute Gasteiger partial charge is 0.476 e. The van der Waals surface area contributed by atoms with Crippen molar-refractivity contribution in [3.05, 3.63) is 35.4 Å². The zero-order valence-electron chi connectivity index (χ0n) is 8.62. The Morgan fingerprint density at radius 1 is 1.12 bits per heavy atom. The molecule has 6 heteroatoms. The maximum Gasteiger partial charge on any atom is 0.416 e. The standard InChI is InChI=1S/C11H9F3O3/c12-11(13,14)8-4-1-7(2-5-8)3-6-9(15)10(16)17/h1-2,4-5H,3,6H2,(H,16,17). The van der Waals surface area contributed by atoms with Gasteiger partial charge in [0.05, 0.1) is 5.56 Å². The summed E-state index contributed by atoms with van der Waals surface area (Å²) in [6, 6.07) is 4.27. The molecular weight excluding hydrogens is 237 g/mol. The van der Waals surface area contributed by atoms with Crippen molar-refractivity contribution in [3.8, 4) is 0 Å². The van der Waals surface area contributed by atoms with E-state index in [4.69, 9.17) is 5.11 Å². The molecule has 0 bridgehead atoms. The summed E-state index contributed by atoms with van der Waals surface area (Å²) in [5, 5.41) is 8.31. The van der Waals surface area contributed by atoms with Crippen LogP contribution in [0.1, 0.15) is 17.5 Å². The highest BCUT2D eigenvalue weighted by Gasteiger charge is 2.29. The number of halogens is 3. The highest BCUT2D eigenvalue weighted by molar-refractivity contribution is 6.32. The van der Waals surface area contributed by atoms with Crippen LogP contribution in [-0.2, 0) is 22.2 Å². The van der Waals surface area contributed by atoms with Crippen molar-refractivity contribution in [2.24, 2.45) is 0 Å². The molecular formula is C11H9F3O3. The zero-order chi connectivity index (χ0) is 13.1. The fourth-order valence-electron chi connectivity index (χ4n) is 1.23. The molecule has 17 heavy (non-hydrogen) atoms. The Morgan fingerprint density at radius 3 is 2.06 bits per heavy atom. The summed E-state index contributed by atoms with van der Waals surface area (Å²) in [6.07, 6.45) is -4.50. The molecule has 92 valence electrons. The van der Waals surface area contributed by atoms with Gasteiger partial charge in [0, 0.05) is 6.42 Å². The van der Waals surface area contributed by atoms with Gasteiger partial charge in [0.1, 0.15) is 0 Å². The minimum atomic E-state index is -4.39. The molecule has 0 saturated heterocycles. The first-order chi connectivity index (χ1) is 7.80. The smallest absolute Gasteiger partial charge is 0.416 e. The number of alkyl halides is 3. The Hall–Kier alpha value is -1.85. The van der Waals surface area contributed by atoms with Crippen LogP contribution in [-0.4, -0.2) is 16.9 Å². The van der Waals surface area contributed by atoms with Crippen LogP contribution in [0.4, 0.5) is 13.2 Å². The van der Waals surface area contributed by atoms with Crippen molar-refractivity contribution in [1.82, 2.24) is 0 Å². The minimum Gasteiger partial charge on any atom is -0.476 e. The Balaban J connectivity index is 2.63. The molecule has 0 amide bonds. The molecule has 1 aromatic carbocycles. The van der Waals surface area contributed by atoms with Crippen LogP contribution >= 0.6 is 0 Å². The van der Waals surface area contributed by atoms with Crippen molar-refractivity contribution in [2.45, 2.75) is 19.0 Å². The van der Waals surface area contributed by atoms with E-state index in [1.165, 1.54) is 12.1 Å². The Labute approximate surface area is 94.9 Å². The van der Waals surface area contributed by atoms with Crippen molar-refractivity contribution < 1.29 is 27.9 Å². The van der Waals surface area contributed by atoms with E-state index in [-0.39, 0.29) is 12.8 Å². The Morgan fingerprint density at radius 2 is 1.65 bits per heavy atom. The van der Waals surface area contributed by atoms with E-state index in [2.05, 4.69) is 0 Å². The number of aryl methyl sites for hydroxylation is 1. The first-order valence-corrected chi connectivity index (χ1v) is 4.73. The summed E-state index contributed by atoms with van der Waals surface area (Å²) in [4.78, 5) is 21.0. The lowest BCUT2D eigenvalue weighted by molar-refractivity contribution is -0.149. The lowest BCUT2D eigenvalue weighted by Gasteiger charge is -2.07. The molecule has 0 saturated carbocycles. The number of Topliss-reactive ketones (excluding diaryl/α,β-unsaturated/α-hetero) is 1. The van der Waals surface area contributed by atoms with Gasteiger partial charge in [-0.2, -0.15) is 13.2 Å². The fraction of sp³-hybridized carbons (Fsp3) is 0.273. The van der Waals surface area contributed by atoms with Crippen molar-refractivity contribution in [3.63, 3.8) is 0 Å². The number of aliphatic carboxylic acids is 1. The lowest BCUT2D eigenvalue weighted by Crippen LogP contribution is -2.13. The van der Waals surface area contributed by atoms with E-state index in [0.29, 0.717) is 5.56 Å². The highest BCUT2D eigenvalue weighted by Crippen LogP contribution is 2.29. The number of carbonyl (C=O) groups is 2. The van der Waals surface area contributed by atoms with Gasteiger partial charge in [0.25, 0.3) is 0 Å². The average molecular weight is 246 g/mol. The third-order valence-electron chi connectivity index (χ3n) is 2.16. The molecule has 0 aliphatic rings. The molecule has 0 atom stereocenters. The predicted octanol–water partition coefficient (Wildman–Crippen LogP) is 2.29. The van der Waals surface area contributed by atoms with Gasteiger partial charge in [-0.15, -0.1) is 0 Å². The molecule has 1 aromatic rings. The number of carbonyl (C=O) groups excluding carboxylic acids is 1. The number of carboxylic acid groups (broad SMARTS) is 1. The van der Waals surface area contributed by atoms with Crippen molar-refractivity contribution >= 4 is 11.8 Å². The first-order valence-electron chi connectivity index (χ1n) is 4.73. The van der Waals surface area contributed by atoms with E-state index in [1.54, 1.807) is 0 Å². The van der Waals surface area contributed by atoms with E-state index < -0.39 is 23.5 Å². The monoisotopic (exact) mass is 246 g/mol. The minimum absolute atomic E-state index is 0.114. The third kappa shape index (κ3) is 3.90. The van der Waals surface area contributed by atoms with Gasteiger partial charge in [-0.05, 0) is 24.1 Å². The van der Waals surface area contributed by atoms with Gasteiger partial charge in [-0.3, -0.25) is 4.79 Å². The second-order valence-electron chi connectivity index (χ2n) is 3.42. The number of carboxylic acids is 1. The van der Waals surface area contributed by atoms with Crippen LogP contribution in [0.25, 0.3) is 0 Å². The number of hydrogen-bond donors (Lipinski definition) is 1. The molecule has 0 aliphatic heterocycles. The lowest BCUT2D eigenvalue weighted by atomic mass is 10.1. The number of ketones is 1. The number of benzene rings is 1. The fourth-order valence-corrected chi connectivity index (χ4v) is 1.23. The maximum atomic E-state index is 12.2. The average Bonchev–Trinajstić information content (AvgIpc) is 2.25. The summed E-state index contributed by atoms with van der Waals surface area (Å²) in [7, 11) is 0. The Kier molecular flexibility index (Phi) is 3.88. The highest BCUT2D eigenvalue weighted by atomic mass is 19.4. The summed E-state index contributed by atoms with van der Waals surface area (Å²) < 4.78 is 36.6. The van der Waals surface area contributed by atoms with E-state index in [1.807, 2.05) is 0 Å². The first kappa shape index (κ1) is 13.2. The van der Waals surface area contributed by atoms with E-state index in [0.717, 1.165) is 12.1 Å². The van der Waals surface area contributed by atoms with E-state index >= 15 is 0 Å². The van der Waals surface area contributed by atoms with Gasteiger partial charge in [0.15, 0.2) is 0 Å². The molecule has 0 heterocycles. The molecule has 0 unspecified atom stereocenters. The molecule has 0 radical (unpaired) electrons. The van der Waals surface area contributed by atoms with Crippen LogP contribution in [0, 0.1) is 0 Å². The van der Waals surface area contributed by atoms with Crippen LogP contribution < -0.4 is 0 Å².